The fourth-order valence-corrected chi connectivity index (χ4v) is 2.83. The van der Waals surface area contributed by atoms with E-state index < -0.39 is 0 Å². The second kappa shape index (κ2) is 5.03. The Hall–Kier alpha value is -0.120. The van der Waals surface area contributed by atoms with E-state index in [2.05, 4.69) is 13.8 Å². The van der Waals surface area contributed by atoms with Crippen LogP contribution in [0, 0.1) is 11.3 Å². The molecule has 0 aromatic heterocycles. The lowest BCUT2D eigenvalue weighted by atomic mass is 9.76. The minimum absolute atomic E-state index is 0.204. The van der Waals surface area contributed by atoms with Crippen LogP contribution >= 0.6 is 0 Å². The molecule has 0 spiro atoms. The highest BCUT2D eigenvalue weighted by Crippen LogP contribution is 2.49. The molecule has 2 rings (SSSR count). The zero-order valence-corrected chi connectivity index (χ0v) is 10.6. The largest absolute Gasteiger partial charge is 0.379 e. The molecule has 2 aliphatic rings. The maximum atomic E-state index is 6.01. The monoisotopic (exact) mass is 227 g/mol. The summed E-state index contributed by atoms with van der Waals surface area (Å²) >= 11 is 0. The Morgan fingerprint density at radius 3 is 2.75 bits per heavy atom. The molecule has 1 aliphatic carbocycles. The number of hydrogen-bond acceptors (Lipinski definition) is 3. The Kier molecular flexibility index (Phi) is 3.88. The van der Waals surface area contributed by atoms with Gasteiger partial charge in [0.2, 0.25) is 0 Å². The van der Waals surface area contributed by atoms with Gasteiger partial charge < -0.3 is 15.2 Å². The SMILES string of the molecule is CC(C)OCCC1(CN)CCOC1C1CC1. The fraction of sp³-hybridized carbons (Fsp3) is 1.00. The average Bonchev–Trinajstić information content (AvgIpc) is 3.00. The van der Waals surface area contributed by atoms with Crippen LogP contribution in [-0.4, -0.2) is 32.0 Å². The summed E-state index contributed by atoms with van der Waals surface area (Å²) in [5.41, 5.74) is 6.21. The zero-order chi connectivity index (χ0) is 11.6. The molecule has 2 N–H and O–H groups in total. The molecule has 0 amide bonds. The second-order valence-electron chi connectivity index (χ2n) is 5.61. The van der Waals surface area contributed by atoms with Gasteiger partial charge in [0.15, 0.2) is 0 Å². The van der Waals surface area contributed by atoms with Crippen LogP contribution < -0.4 is 5.73 Å². The van der Waals surface area contributed by atoms with E-state index in [1.807, 2.05) is 0 Å². The van der Waals surface area contributed by atoms with Crippen LogP contribution in [0.3, 0.4) is 0 Å². The lowest BCUT2D eigenvalue weighted by Gasteiger charge is -2.33. The van der Waals surface area contributed by atoms with Gasteiger partial charge in [0, 0.05) is 25.2 Å². The molecule has 2 atom stereocenters. The molecule has 0 radical (unpaired) electrons. The molecule has 1 saturated carbocycles. The Labute approximate surface area is 98.7 Å². The summed E-state index contributed by atoms with van der Waals surface area (Å²) in [6, 6.07) is 0. The summed E-state index contributed by atoms with van der Waals surface area (Å²) in [6.07, 6.45) is 5.56. The first kappa shape index (κ1) is 12.3. The summed E-state index contributed by atoms with van der Waals surface area (Å²) in [5, 5.41) is 0. The first-order valence-electron chi connectivity index (χ1n) is 6.61. The van der Waals surface area contributed by atoms with E-state index in [-0.39, 0.29) is 5.41 Å². The highest BCUT2D eigenvalue weighted by atomic mass is 16.5. The second-order valence-corrected chi connectivity index (χ2v) is 5.61. The Bertz CT molecular complexity index is 228. The normalized spacial score (nSPS) is 34.9. The van der Waals surface area contributed by atoms with E-state index in [0.717, 1.165) is 38.5 Å². The minimum Gasteiger partial charge on any atom is -0.379 e. The molecule has 1 heterocycles. The predicted octanol–water partition coefficient (Wildman–Crippen LogP) is 1.95. The summed E-state index contributed by atoms with van der Waals surface area (Å²) < 4.78 is 11.6. The van der Waals surface area contributed by atoms with Crippen molar-refractivity contribution in [3.63, 3.8) is 0 Å². The summed E-state index contributed by atoms with van der Waals surface area (Å²) in [7, 11) is 0. The summed E-state index contributed by atoms with van der Waals surface area (Å²) in [4.78, 5) is 0. The zero-order valence-electron chi connectivity index (χ0n) is 10.6. The van der Waals surface area contributed by atoms with Crippen LogP contribution in [-0.2, 0) is 9.47 Å². The van der Waals surface area contributed by atoms with Crippen LogP contribution in [0.5, 0.6) is 0 Å². The molecular formula is C13H25NO2. The quantitative estimate of drug-likeness (QED) is 0.754. The van der Waals surface area contributed by atoms with Gasteiger partial charge in [-0.3, -0.25) is 0 Å². The first-order chi connectivity index (χ1) is 7.68. The Morgan fingerprint density at radius 2 is 2.19 bits per heavy atom. The van der Waals surface area contributed by atoms with Crippen molar-refractivity contribution < 1.29 is 9.47 Å². The maximum Gasteiger partial charge on any atom is 0.0673 e. The predicted molar refractivity (Wildman–Crippen MR) is 64.3 cm³/mol. The molecule has 1 saturated heterocycles. The standard InChI is InChI=1S/C13H25NO2/c1-10(2)15-7-5-13(9-14)6-8-16-12(13)11-3-4-11/h10-12H,3-9,14H2,1-2H3. The molecular weight excluding hydrogens is 202 g/mol. The first-order valence-corrected chi connectivity index (χ1v) is 6.61. The van der Waals surface area contributed by atoms with Gasteiger partial charge in [-0.1, -0.05) is 0 Å². The van der Waals surface area contributed by atoms with Crippen molar-refractivity contribution in [2.75, 3.05) is 19.8 Å². The van der Waals surface area contributed by atoms with Crippen LogP contribution in [0.2, 0.25) is 0 Å². The number of ether oxygens (including phenoxy) is 2. The van der Waals surface area contributed by atoms with E-state index in [4.69, 9.17) is 15.2 Å². The lowest BCUT2D eigenvalue weighted by Crippen LogP contribution is -2.40. The van der Waals surface area contributed by atoms with Crippen molar-refractivity contribution in [3.05, 3.63) is 0 Å². The molecule has 1 aliphatic heterocycles. The topological polar surface area (TPSA) is 44.5 Å². The van der Waals surface area contributed by atoms with E-state index in [0.29, 0.717) is 12.2 Å². The average molecular weight is 227 g/mol. The van der Waals surface area contributed by atoms with Crippen molar-refractivity contribution in [2.24, 2.45) is 17.1 Å². The minimum atomic E-state index is 0.204. The summed E-state index contributed by atoms with van der Waals surface area (Å²) in [5.74, 6) is 0.782. The van der Waals surface area contributed by atoms with Crippen LogP contribution in [0.4, 0.5) is 0 Å². The molecule has 16 heavy (non-hydrogen) atoms. The highest BCUT2D eigenvalue weighted by molar-refractivity contribution is 4.99. The van der Waals surface area contributed by atoms with Crippen molar-refractivity contribution in [1.82, 2.24) is 0 Å². The van der Waals surface area contributed by atoms with Gasteiger partial charge in [0.25, 0.3) is 0 Å². The fourth-order valence-electron chi connectivity index (χ4n) is 2.83. The van der Waals surface area contributed by atoms with Gasteiger partial charge in [0.1, 0.15) is 0 Å². The third kappa shape index (κ3) is 2.58. The summed E-state index contributed by atoms with van der Waals surface area (Å²) in [6.45, 7) is 6.62. The highest BCUT2D eigenvalue weighted by Gasteiger charge is 2.49. The van der Waals surface area contributed by atoms with Crippen molar-refractivity contribution >= 4 is 0 Å². The molecule has 2 fully saturated rings. The molecule has 2 unspecified atom stereocenters. The molecule has 3 heteroatoms. The van der Waals surface area contributed by atoms with Gasteiger partial charge in [-0.15, -0.1) is 0 Å². The Balaban J connectivity index is 1.89. The van der Waals surface area contributed by atoms with E-state index in [1.165, 1.54) is 12.8 Å². The smallest absolute Gasteiger partial charge is 0.0673 e. The van der Waals surface area contributed by atoms with Crippen LogP contribution in [0.25, 0.3) is 0 Å². The van der Waals surface area contributed by atoms with Gasteiger partial charge in [-0.2, -0.15) is 0 Å². The third-order valence-electron chi connectivity index (χ3n) is 4.01. The van der Waals surface area contributed by atoms with Crippen LogP contribution in [0.1, 0.15) is 39.5 Å². The van der Waals surface area contributed by atoms with Gasteiger partial charge in [-0.05, 0) is 45.4 Å². The molecule has 94 valence electrons. The third-order valence-corrected chi connectivity index (χ3v) is 4.01. The van der Waals surface area contributed by atoms with Crippen molar-refractivity contribution in [1.29, 1.82) is 0 Å². The van der Waals surface area contributed by atoms with Crippen molar-refractivity contribution in [2.45, 2.75) is 51.7 Å². The van der Waals surface area contributed by atoms with Gasteiger partial charge in [-0.25, -0.2) is 0 Å². The van der Waals surface area contributed by atoms with Gasteiger partial charge in [0.05, 0.1) is 12.2 Å². The van der Waals surface area contributed by atoms with E-state index in [1.54, 1.807) is 0 Å². The maximum absolute atomic E-state index is 6.01. The Morgan fingerprint density at radius 1 is 1.44 bits per heavy atom. The number of rotatable bonds is 6. The molecule has 0 bridgehead atoms. The van der Waals surface area contributed by atoms with E-state index in [9.17, 15) is 0 Å². The molecule has 0 aromatic rings. The van der Waals surface area contributed by atoms with Crippen LogP contribution in [0.15, 0.2) is 0 Å². The number of hydrogen-bond donors (Lipinski definition) is 1. The lowest BCUT2D eigenvalue weighted by molar-refractivity contribution is 0.00186. The van der Waals surface area contributed by atoms with E-state index >= 15 is 0 Å². The number of nitrogens with two attached hydrogens (primary N) is 1. The molecule has 3 nitrogen and oxygen atoms in total. The van der Waals surface area contributed by atoms with Gasteiger partial charge >= 0.3 is 0 Å². The van der Waals surface area contributed by atoms with Crippen molar-refractivity contribution in [3.8, 4) is 0 Å². The molecule has 0 aromatic carbocycles.